The van der Waals surface area contributed by atoms with Gasteiger partial charge < -0.3 is 0 Å². The molecule has 2 fully saturated rings. The van der Waals surface area contributed by atoms with Gasteiger partial charge in [-0.25, -0.2) is 23.1 Å². The molecule has 222 valence electrons. The van der Waals surface area contributed by atoms with Crippen molar-refractivity contribution in [1.82, 2.24) is 10.0 Å². The van der Waals surface area contributed by atoms with Crippen molar-refractivity contribution in [2.45, 2.75) is 37.4 Å². The van der Waals surface area contributed by atoms with Gasteiger partial charge in [0.25, 0.3) is 17.7 Å². The lowest BCUT2D eigenvalue weighted by Crippen LogP contribution is -2.45. The van der Waals surface area contributed by atoms with Crippen LogP contribution < -0.4 is 4.90 Å². The summed E-state index contributed by atoms with van der Waals surface area (Å²) in [5, 5.41) is 15.3. The molecule has 9 nitrogen and oxygen atoms in total. The molecule has 7 rings (SSSR count). The molecular formula is C32H25F3N6O3. The quantitative estimate of drug-likeness (QED) is 0.376. The molecule has 44 heavy (non-hydrogen) atoms. The average Bonchev–Trinajstić information content (AvgIpc) is 3.68. The minimum atomic E-state index is -1.16. The van der Waals surface area contributed by atoms with Crippen molar-refractivity contribution in [1.29, 1.82) is 0 Å². The van der Waals surface area contributed by atoms with Crippen molar-refractivity contribution >= 4 is 35.2 Å². The van der Waals surface area contributed by atoms with E-state index in [1.54, 1.807) is 24.3 Å². The molecule has 4 atom stereocenters. The number of hydrogen-bond acceptors (Lipinski definition) is 7. The standard InChI is InChI=1S/C32H25F3N6O3/c33-21-11-7-18(8-12-21)15-20-3-1-6-25-27(20)37-41(29(25)19-9-13-22(34)14-10-19)26(42)17-39-30-28(36-38-39)31(43)40(32(30)44)24-5-2-4-23(35)16-24/h2,4-5,7-16,25,28-30H,1,3,6,17H2/b20-15+. The molecule has 12 heteroatoms. The molecule has 0 spiro atoms. The number of fused-ring (bicyclic) bond motifs is 2. The van der Waals surface area contributed by atoms with Crippen molar-refractivity contribution in [2.24, 2.45) is 21.4 Å². The highest BCUT2D eigenvalue weighted by atomic mass is 19.1. The first-order chi connectivity index (χ1) is 21.3. The lowest BCUT2D eigenvalue weighted by Gasteiger charge is -2.30. The Morgan fingerprint density at radius 3 is 2.34 bits per heavy atom. The van der Waals surface area contributed by atoms with E-state index in [9.17, 15) is 27.6 Å². The molecular weight excluding hydrogens is 573 g/mol. The molecule has 1 saturated heterocycles. The molecule has 4 unspecified atom stereocenters. The highest BCUT2D eigenvalue weighted by Crippen LogP contribution is 2.45. The van der Waals surface area contributed by atoms with Crippen LogP contribution in [0.4, 0.5) is 18.9 Å². The Morgan fingerprint density at radius 1 is 0.886 bits per heavy atom. The van der Waals surface area contributed by atoms with E-state index in [4.69, 9.17) is 5.10 Å². The van der Waals surface area contributed by atoms with Crippen LogP contribution in [-0.4, -0.2) is 52.1 Å². The van der Waals surface area contributed by atoms with Crippen molar-refractivity contribution in [3.05, 3.63) is 107 Å². The molecule has 1 aliphatic carbocycles. The Morgan fingerprint density at radius 2 is 1.61 bits per heavy atom. The fraction of sp³-hybridized carbons (Fsp3) is 0.250. The van der Waals surface area contributed by atoms with Gasteiger partial charge >= 0.3 is 0 Å². The number of imide groups is 1. The summed E-state index contributed by atoms with van der Waals surface area (Å²) in [6.07, 6.45) is 4.20. The normalized spacial score (nSPS) is 25.1. The van der Waals surface area contributed by atoms with Gasteiger partial charge in [0.05, 0.1) is 17.4 Å². The van der Waals surface area contributed by atoms with E-state index >= 15 is 0 Å². The molecule has 4 aliphatic rings. The van der Waals surface area contributed by atoms with Crippen molar-refractivity contribution in [3.63, 3.8) is 0 Å². The summed E-state index contributed by atoms with van der Waals surface area (Å²) in [6, 6.07) is 14.2. The third-order valence-corrected chi connectivity index (χ3v) is 8.40. The minimum absolute atomic E-state index is 0.0720. The van der Waals surface area contributed by atoms with Crippen molar-refractivity contribution < 1.29 is 27.6 Å². The Kier molecular flexibility index (Phi) is 6.83. The van der Waals surface area contributed by atoms with Crippen LogP contribution in [0, 0.1) is 23.4 Å². The van der Waals surface area contributed by atoms with E-state index in [1.165, 1.54) is 52.5 Å². The number of carbonyl (C=O) groups excluding carboxylic acids is 3. The van der Waals surface area contributed by atoms with Crippen LogP contribution in [0.1, 0.15) is 36.4 Å². The lowest BCUT2D eigenvalue weighted by molar-refractivity contribution is -0.136. The molecule has 3 amide bonds. The zero-order valence-corrected chi connectivity index (χ0v) is 23.2. The summed E-state index contributed by atoms with van der Waals surface area (Å²) in [6.45, 7) is -0.404. The van der Waals surface area contributed by atoms with E-state index in [2.05, 4.69) is 10.3 Å². The van der Waals surface area contributed by atoms with Crippen LogP contribution in [0.5, 0.6) is 0 Å². The number of carbonyl (C=O) groups is 3. The van der Waals surface area contributed by atoms with Crippen molar-refractivity contribution in [3.8, 4) is 0 Å². The zero-order valence-electron chi connectivity index (χ0n) is 23.2. The van der Waals surface area contributed by atoms with Gasteiger partial charge in [0.1, 0.15) is 24.0 Å². The minimum Gasteiger partial charge on any atom is -0.271 e. The second-order valence-electron chi connectivity index (χ2n) is 11.1. The maximum atomic E-state index is 14.0. The number of nitrogens with zero attached hydrogens (tertiary/aromatic N) is 6. The third-order valence-electron chi connectivity index (χ3n) is 8.40. The first-order valence-electron chi connectivity index (χ1n) is 14.2. The van der Waals surface area contributed by atoms with E-state index in [-0.39, 0.29) is 17.4 Å². The van der Waals surface area contributed by atoms with E-state index < -0.39 is 54.0 Å². The Balaban J connectivity index is 1.19. The zero-order chi connectivity index (χ0) is 30.5. The highest BCUT2D eigenvalue weighted by Gasteiger charge is 2.55. The molecule has 3 heterocycles. The van der Waals surface area contributed by atoms with Crippen LogP contribution in [0.3, 0.4) is 0 Å². The number of rotatable bonds is 5. The number of hydrazone groups is 1. The lowest BCUT2D eigenvalue weighted by atomic mass is 9.77. The second-order valence-corrected chi connectivity index (χ2v) is 11.1. The summed E-state index contributed by atoms with van der Waals surface area (Å²) in [7, 11) is 0. The summed E-state index contributed by atoms with van der Waals surface area (Å²) >= 11 is 0. The smallest absolute Gasteiger partial charge is 0.264 e. The molecule has 1 saturated carbocycles. The Hall–Kier alpha value is -5.13. The summed E-state index contributed by atoms with van der Waals surface area (Å²) in [5.41, 5.74) is 3.19. The van der Waals surface area contributed by atoms with Crippen LogP contribution in [0.2, 0.25) is 0 Å². The first-order valence-corrected chi connectivity index (χ1v) is 14.2. The number of allylic oxidation sites excluding steroid dienone is 1. The monoisotopic (exact) mass is 598 g/mol. The molecule has 0 radical (unpaired) electrons. The fourth-order valence-electron chi connectivity index (χ4n) is 6.40. The van der Waals surface area contributed by atoms with Crippen molar-refractivity contribution in [2.75, 3.05) is 11.4 Å². The Bertz CT molecular complexity index is 1760. The van der Waals surface area contributed by atoms with Gasteiger partial charge in [0.15, 0.2) is 12.1 Å². The van der Waals surface area contributed by atoms with Gasteiger partial charge in [-0.3, -0.25) is 19.4 Å². The topological polar surface area (TPSA) is 98.0 Å². The third kappa shape index (κ3) is 4.76. The highest BCUT2D eigenvalue weighted by molar-refractivity contribution is 6.25. The largest absolute Gasteiger partial charge is 0.271 e. The van der Waals surface area contributed by atoms with E-state index in [0.29, 0.717) is 17.7 Å². The van der Waals surface area contributed by atoms with E-state index in [0.717, 1.165) is 34.9 Å². The Labute approximate surface area is 249 Å². The van der Waals surface area contributed by atoms with Crippen LogP contribution >= 0.6 is 0 Å². The average molecular weight is 599 g/mol. The van der Waals surface area contributed by atoms with Gasteiger partial charge in [-0.1, -0.05) is 35.6 Å². The summed E-state index contributed by atoms with van der Waals surface area (Å²) in [5.74, 6) is -3.36. The number of benzene rings is 3. The number of amides is 3. The SMILES string of the molecule is O=C1C2N=NN(CC(=O)N3N=C4/C(=C/c5ccc(F)cc5)CCCC4C3c3ccc(F)cc3)C2C(=O)N1c1cccc(F)c1. The van der Waals surface area contributed by atoms with Crippen LogP contribution in [0.25, 0.3) is 6.08 Å². The number of hydrogen-bond donors (Lipinski definition) is 0. The van der Waals surface area contributed by atoms with Crippen LogP contribution in [0.15, 0.2) is 93.8 Å². The second kappa shape index (κ2) is 10.9. The number of anilines is 1. The van der Waals surface area contributed by atoms with E-state index in [1.807, 2.05) is 6.08 Å². The molecule has 3 aliphatic heterocycles. The van der Waals surface area contributed by atoms with Gasteiger partial charge in [-0.15, -0.1) is 0 Å². The maximum absolute atomic E-state index is 14.0. The maximum Gasteiger partial charge on any atom is 0.264 e. The number of halogens is 3. The van der Waals surface area contributed by atoms with Gasteiger partial charge in [-0.2, -0.15) is 10.2 Å². The molecule has 3 aromatic rings. The molecule has 0 bridgehead atoms. The van der Waals surface area contributed by atoms with Gasteiger partial charge in [-0.05, 0) is 84.5 Å². The molecule has 3 aromatic carbocycles. The summed E-state index contributed by atoms with van der Waals surface area (Å²) < 4.78 is 41.3. The molecule has 0 N–H and O–H groups in total. The summed E-state index contributed by atoms with van der Waals surface area (Å²) in [4.78, 5) is 41.3. The first kappa shape index (κ1) is 27.7. The predicted molar refractivity (Wildman–Crippen MR) is 153 cm³/mol. The van der Waals surface area contributed by atoms with Crippen LogP contribution in [-0.2, 0) is 14.4 Å². The predicted octanol–water partition coefficient (Wildman–Crippen LogP) is 5.22. The van der Waals surface area contributed by atoms with Gasteiger partial charge in [0, 0.05) is 5.92 Å². The molecule has 0 aromatic heterocycles. The van der Waals surface area contributed by atoms with Gasteiger partial charge in [0.2, 0.25) is 0 Å². The fourth-order valence-corrected chi connectivity index (χ4v) is 6.40.